The number of unbranched alkanes of at least 4 members (excludes halogenated alkanes) is 2. The minimum Gasteiger partial charge on any atom is -0.461 e. The van der Waals surface area contributed by atoms with Gasteiger partial charge in [0.25, 0.3) is 10.0 Å². The lowest BCUT2D eigenvalue weighted by molar-refractivity contribution is -0.145. The number of benzene rings is 1. The molecule has 2 rings (SSSR count). The molecule has 1 unspecified atom stereocenters. The maximum absolute atomic E-state index is 11.8. The van der Waals surface area contributed by atoms with Crippen LogP contribution >= 0.6 is 11.6 Å². The smallest absolute Gasteiger partial charge is 0.306 e. The van der Waals surface area contributed by atoms with Crippen LogP contribution in [0.2, 0.25) is 0 Å². The molecule has 1 atom stereocenters. The molecular formula is C16H20ClNO5S. The molecule has 0 aliphatic carbocycles. The average Bonchev–Trinajstić information content (AvgIpc) is 2.75. The Bertz CT molecular complexity index is 690. The maximum Gasteiger partial charge on any atom is 0.306 e. The second-order valence-electron chi connectivity index (χ2n) is 5.46. The van der Waals surface area contributed by atoms with Crippen molar-refractivity contribution in [1.82, 2.24) is 4.31 Å². The van der Waals surface area contributed by atoms with E-state index >= 15 is 0 Å². The Hall–Kier alpha value is -1.41. The molecule has 1 heterocycles. The van der Waals surface area contributed by atoms with E-state index < -0.39 is 16.3 Å². The molecule has 0 radical (unpaired) electrons. The molecule has 132 valence electrons. The third-order valence-electron chi connectivity index (χ3n) is 3.63. The van der Waals surface area contributed by atoms with Crippen LogP contribution in [0.5, 0.6) is 0 Å². The van der Waals surface area contributed by atoms with Gasteiger partial charge in [-0.25, -0.2) is 8.42 Å². The van der Waals surface area contributed by atoms with Crippen LogP contribution in [0.4, 0.5) is 0 Å². The summed E-state index contributed by atoms with van der Waals surface area (Å²) in [6.07, 6.45) is 1.94. The molecule has 0 fully saturated rings. The molecule has 24 heavy (non-hydrogen) atoms. The third kappa shape index (κ3) is 5.04. The van der Waals surface area contributed by atoms with Crippen molar-refractivity contribution in [2.24, 2.45) is 0 Å². The molecule has 0 bridgehead atoms. The number of carbonyl (C=O) groups excluding carboxylic acids is 1. The highest BCUT2D eigenvalue weighted by Gasteiger charge is 2.36. The highest BCUT2D eigenvalue weighted by Crippen LogP contribution is 2.27. The molecule has 0 saturated carbocycles. The van der Waals surface area contributed by atoms with E-state index in [9.17, 15) is 18.3 Å². The minimum atomic E-state index is -3.74. The molecule has 0 spiro atoms. The summed E-state index contributed by atoms with van der Waals surface area (Å²) in [7, 11) is -3.74. The summed E-state index contributed by atoms with van der Waals surface area (Å²) in [4.78, 5) is 11.6. The average molecular weight is 374 g/mol. The molecule has 1 aliphatic rings. The quantitative estimate of drug-likeness (QED) is 0.558. The van der Waals surface area contributed by atoms with Crippen LogP contribution in [0.25, 0.3) is 0 Å². The lowest BCUT2D eigenvalue weighted by Gasteiger charge is -2.18. The number of rotatable bonds is 8. The maximum atomic E-state index is 11.8. The van der Waals surface area contributed by atoms with Gasteiger partial charge in [-0.3, -0.25) is 4.79 Å². The van der Waals surface area contributed by atoms with Crippen LogP contribution in [0, 0.1) is 0 Å². The fraction of sp³-hybridized carbons (Fsp3) is 0.438. The largest absolute Gasteiger partial charge is 0.461 e. The topological polar surface area (TPSA) is 83.9 Å². The highest BCUT2D eigenvalue weighted by molar-refractivity contribution is 7.94. The number of halogens is 1. The van der Waals surface area contributed by atoms with Gasteiger partial charge in [-0.1, -0.05) is 48.4 Å². The number of aliphatic hydroxyl groups is 1. The molecule has 1 aromatic carbocycles. The van der Waals surface area contributed by atoms with Crippen molar-refractivity contribution in [3.05, 3.63) is 46.3 Å². The lowest BCUT2D eigenvalue weighted by atomic mass is 10.2. The van der Waals surface area contributed by atoms with Crippen LogP contribution in [-0.2, 0) is 26.2 Å². The number of aliphatic hydroxyl groups excluding tert-OH is 1. The lowest BCUT2D eigenvalue weighted by Crippen LogP contribution is -2.34. The number of hydrogen-bond donors (Lipinski definition) is 1. The fourth-order valence-electron chi connectivity index (χ4n) is 2.32. The summed E-state index contributed by atoms with van der Waals surface area (Å²) in [5.41, 5.74) is 0.934. The number of carbonyl (C=O) groups is 1. The predicted octanol–water partition coefficient (Wildman–Crippen LogP) is 2.33. The third-order valence-corrected chi connectivity index (χ3v) is 5.99. The second-order valence-corrected chi connectivity index (χ2v) is 7.95. The molecule has 8 heteroatoms. The van der Waals surface area contributed by atoms with Crippen LogP contribution in [0.3, 0.4) is 0 Å². The minimum absolute atomic E-state index is 0.162. The molecule has 0 amide bonds. The number of hydrogen-bond acceptors (Lipinski definition) is 5. The molecule has 0 saturated heterocycles. The van der Waals surface area contributed by atoms with Crippen LogP contribution in [-0.4, -0.2) is 36.6 Å². The number of ether oxygens (including phenoxy) is 1. The Morgan fingerprint density at radius 3 is 2.54 bits per heavy atom. The zero-order chi connectivity index (χ0) is 17.6. The monoisotopic (exact) mass is 373 g/mol. The Morgan fingerprint density at radius 1 is 1.21 bits per heavy atom. The summed E-state index contributed by atoms with van der Waals surface area (Å²) in [6.45, 7) is 0.414. The van der Waals surface area contributed by atoms with E-state index in [-0.39, 0.29) is 29.9 Å². The summed E-state index contributed by atoms with van der Waals surface area (Å²) in [5.74, 6) is -0.280. The van der Waals surface area contributed by atoms with Gasteiger partial charge in [-0.05, 0) is 24.5 Å². The standard InChI is InChI=1S/C16H20ClNO5S/c17-14-11-15(19)18(24(14,21)22)10-6-2-5-9-16(20)23-12-13-7-3-1-4-8-13/h1,3-4,7-8,11,15,19H,2,5-6,9-10,12H2. The van der Waals surface area contributed by atoms with E-state index in [2.05, 4.69) is 0 Å². The highest BCUT2D eigenvalue weighted by atomic mass is 35.5. The zero-order valence-corrected chi connectivity index (χ0v) is 14.7. The SMILES string of the molecule is O=C(CCCCCN1C(O)C=C(Cl)S1(=O)=O)OCc1ccccc1. The number of esters is 1. The van der Waals surface area contributed by atoms with Gasteiger partial charge in [0.05, 0.1) is 0 Å². The van der Waals surface area contributed by atoms with Crippen molar-refractivity contribution in [3.63, 3.8) is 0 Å². The molecule has 1 aromatic rings. The fourth-order valence-corrected chi connectivity index (χ4v) is 3.93. The van der Waals surface area contributed by atoms with E-state index in [1.54, 1.807) is 0 Å². The van der Waals surface area contributed by atoms with E-state index in [1.165, 1.54) is 0 Å². The van der Waals surface area contributed by atoms with Crippen molar-refractivity contribution in [3.8, 4) is 0 Å². The van der Waals surface area contributed by atoms with Crippen LogP contribution in [0.15, 0.2) is 40.8 Å². The second kappa shape index (κ2) is 8.62. The molecule has 1 aliphatic heterocycles. The van der Waals surface area contributed by atoms with Gasteiger partial charge in [0.1, 0.15) is 17.2 Å². The summed E-state index contributed by atoms with van der Waals surface area (Å²) in [5, 5.41) is 9.63. The van der Waals surface area contributed by atoms with E-state index in [0.717, 1.165) is 15.9 Å². The Morgan fingerprint density at radius 2 is 1.92 bits per heavy atom. The van der Waals surface area contributed by atoms with Crippen molar-refractivity contribution in [2.45, 2.75) is 38.5 Å². The van der Waals surface area contributed by atoms with Crippen LogP contribution < -0.4 is 0 Å². The molecular weight excluding hydrogens is 354 g/mol. The first kappa shape index (κ1) is 18.9. The van der Waals surface area contributed by atoms with Gasteiger partial charge in [0.2, 0.25) is 0 Å². The first-order valence-electron chi connectivity index (χ1n) is 7.68. The van der Waals surface area contributed by atoms with Gasteiger partial charge >= 0.3 is 5.97 Å². The van der Waals surface area contributed by atoms with Gasteiger partial charge < -0.3 is 9.84 Å². The van der Waals surface area contributed by atoms with Gasteiger partial charge in [-0.2, -0.15) is 4.31 Å². The van der Waals surface area contributed by atoms with E-state index in [4.69, 9.17) is 16.3 Å². The van der Waals surface area contributed by atoms with Gasteiger partial charge in [0, 0.05) is 13.0 Å². The van der Waals surface area contributed by atoms with Crippen LogP contribution in [0.1, 0.15) is 31.2 Å². The van der Waals surface area contributed by atoms with E-state index in [0.29, 0.717) is 19.3 Å². The Balaban J connectivity index is 1.61. The van der Waals surface area contributed by atoms with Crippen molar-refractivity contribution in [2.75, 3.05) is 6.54 Å². The van der Waals surface area contributed by atoms with Crippen molar-refractivity contribution < 1.29 is 23.1 Å². The normalized spacial score (nSPS) is 19.9. The summed E-state index contributed by atoms with van der Waals surface area (Å²) < 4.78 is 29.3. The first-order valence-corrected chi connectivity index (χ1v) is 9.50. The predicted molar refractivity (Wildman–Crippen MR) is 90.3 cm³/mol. The Kier molecular flexibility index (Phi) is 6.79. The number of nitrogens with zero attached hydrogens (tertiary/aromatic N) is 1. The summed E-state index contributed by atoms with van der Waals surface area (Å²) in [6, 6.07) is 9.42. The zero-order valence-electron chi connectivity index (χ0n) is 13.1. The number of sulfonamides is 1. The van der Waals surface area contributed by atoms with Crippen molar-refractivity contribution >= 4 is 27.6 Å². The molecule has 1 N–H and O–H groups in total. The molecule has 0 aromatic heterocycles. The first-order chi connectivity index (χ1) is 11.4. The van der Waals surface area contributed by atoms with Gasteiger partial charge in [-0.15, -0.1) is 0 Å². The molecule has 6 nitrogen and oxygen atoms in total. The van der Waals surface area contributed by atoms with Crippen molar-refractivity contribution in [1.29, 1.82) is 0 Å². The Labute approximate surface area is 146 Å². The van der Waals surface area contributed by atoms with Gasteiger partial charge in [0.15, 0.2) is 0 Å². The van der Waals surface area contributed by atoms with E-state index in [1.807, 2.05) is 30.3 Å². The summed E-state index contributed by atoms with van der Waals surface area (Å²) >= 11 is 5.57.